The molecule has 0 saturated heterocycles. The lowest BCUT2D eigenvalue weighted by Gasteiger charge is -2.11. The highest BCUT2D eigenvalue weighted by Gasteiger charge is 2.21. The van der Waals surface area contributed by atoms with Crippen molar-refractivity contribution in [1.82, 2.24) is 0 Å². The number of carbonyl (C=O) groups excluding carboxylic acids is 1. The summed E-state index contributed by atoms with van der Waals surface area (Å²) in [5, 5.41) is 0.711. The Kier molecular flexibility index (Phi) is 4.43. The molecule has 2 heterocycles. The summed E-state index contributed by atoms with van der Waals surface area (Å²) in [6.07, 6.45) is 5.13. The summed E-state index contributed by atoms with van der Waals surface area (Å²) >= 11 is 1.28. The molecular formula is C17H16N2O3S. The minimum atomic E-state index is 0.404. The molecule has 0 radical (unpaired) electrons. The zero-order chi connectivity index (χ0) is 16.2. The highest BCUT2D eigenvalue weighted by Crippen LogP contribution is 2.43. The maximum absolute atomic E-state index is 11.1. The molecule has 2 aromatic rings. The molecule has 0 saturated carbocycles. The molecule has 2 N–H and O–H groups in total. The number of benzene rings is 1. The van der Waals surface area contributed by atoms with Gasteiger partial charge < -0.3 is 15.2 Å². The van der Waals surface area contributed by atoms with Crippen molar-refractivity contribution in [3.8, 4) is 5.75 Å². The second kappa shape index (κ2) is 6.66. The molecule has 6 heteroatoms. The van der Waals surface area contributed by atoms with Gasteiger partial charge in [0.05, 0.1) is 23.2 Å². The number of nitrogens with two attached hydrogens (primary N) is 1. The first-order valence-electron chi connectivity index (χ1n) is 7.09. The third-order valence-electron chi connectivity index (χ3n) is 3.48. The Balaban J connectivity index is 1.82. The van der Waals surface area contributed by atoms with Crippen LogP contribution in [0.2, 0.25) is 0 Å². The summed E-state index contributed by atoms with van der Waals surface area (Å²) in [6.45, 7) is 0.404. The Bertz CT molecular complexity index is 776. The fourth-order valence-corrected chi connectivity index (χ4v) is 3.18. The van der Waals surface area contributed by atoms with Gasteiger partial charge in [-0.3, -0.25) is 4.79 Å². The van der Waals surface area contributed by atoms with Gasteiger partial charge in [0.2, 0.25) is 0 Å². The van der Waals surface area contributed by atoms with Crippen LogP contribution in [0.25, 0.3) is 5.76 Å². The maximum atomic E-state index is 11.1. The molecule has 0 fully saturated rings. The first-order valence-corrected chi connectivity index (χ1v) is 7.90. The number of ether oxygens (including phenoxy) is 2. The molecule has 118 valence electrons. The number of thiophene rings is 1. The van der Waals surface area contributed by atoms with E-state index in [1.807, 2.05) is 30.3 Å². The van der Waals surface area contributed by atoms with Gasteiger partial charge in [-0.05, 0) is 23.8 Å². The number of allylic oxidation sites excluding steroid dienone is 1. The smallest absolute Gasteiger partial charge is 0.162 e. The Morgan fingerprint density at radius 2 is 2.13 bits per heavy atom. The lowest BCUT2D eigenvalue weighted by atomic mass is 10.2. The maximum Gasteiger partial charge on any atom is 0.162 e. The molecule has 0 spiro atoms. The zero-order valence-corrected chi connectivity index (χ0v) is 13.4. The molecule has 0 amide bonds. The van der Waals surface area contributed by atoms with Gasteiger partial charge in [-0.15, -0.1) is 11.3 Å². The minimum absolute atomic E-state index is 0.404. The fourth-order valence-electron chi connectivity index (χ4n) is 2.28. The van der Waals surface area contributed by atoms with E-state index in [1.54, 1.807) is 13.3 Å². The van der Waals surface area contributed by atoms with Gasteiger partial charge >= 0.3 is 0 Å². The van der Waals surface area contributed by atoms with E-state index in [-0.39, 0.29) is 0 Å². The van der Waals surface area contributed by atoms with Crippen molar-refractivity contribution in [2.45, 2.75) is 13.0 Å². The zero-order valence-electron chi connectivity index (χ0n) is 12.6. The van der Waals surface area contributed by atoms with Crippen LogP contribution in [0.15, 0.2) is 35.3 Å². The molecule has 1 aliphatic heterocycles. The lowest BCUT2D eigenvalue weighted by Crippen LogP contribution is -1.97. The van der Waals surface area contributed by atoms with Crippen LogP contribution in [0.3, 0.4) is 0 Å². The van der Waals surface area contributed by atoms with Gasteiger partial charge in [0.1, 0.15) is 23.1 Å². The van der Waals surface area contributed by atoms with Crippen molar-refractivity contribution in [3.05, 3.63) is 46.3 Å². The van der Waals surface area contributed by atoms with E-state index in [4.69, 9.17) is 15.2 Å². The molecule has 5 nitrogen and oxygen atoms in total. The molecule has 1 aromatic heterocycles. The van der Waals surface area contributed by atoms with Crippen molar-refractivity contribution in [3.63, 3.8) is 0 Å². The van der Waals surface area contributed by atoms with Gasteiger partial charge in [-0.2, -0.15) is 0 Å². The van der Waals surface area contributed by atoms with Crippen LogP contribution in [0.5, 0.6) is 5.75 Å². The molecule has 0 atom stereocenters. The Hall–Kier alpha value is -2.60. The number of methoxy groups -OCH3 is 1. The first kappa shape index (κ1) is 15.3. The number of aliphatic imine (C=N–C) groups is 1. The highest BCUT2D eigenvalue weighted by molar-refractivity contribution is 7.18. The largest absolute Gasteiger partial charge is 0.497 e. The Morgan fingerprint density at radius 1 is 1.35 bits per heavy atom. The number of fused-ring (bicyclic) bond motifs is 1. The van der Waals surface area contributed by atoms with Gasteiger partial charge in [-0.25, -0.2) is 4.99 Å². The number of hydrogen-bond donors (Lipinski definition) is 1. The Morgan fingerprint density at radius 3 is 2.83 bits per heavy atom. The molecule has 3 rings (SSSR count). The van der Waals surface area contributed by atoms with Crippen LogP contribution in [0.4, 0.5) is 10.7 Å². The number of hydrogen-bond acceptors (Lipinski definition) is 6. The fraction of sp³-hybridized carbons (Fsp3) is 0.176. The number of anilines is 1. The van der Waals surface area contributed by atoms with E-state index in [9.17, 15) is 4.79 Å². The molecular weight excluding hydrogens is 312 g/mol. The van der Waals surface area contributed by atoms with Crippen molar-refractivity contribution in [1.29, 1.82) is 0 Å². The predicted octanol–water partition coefficient (Wildman–Crippen LogP) is 3.82. The van der Waals surface area contributed by atoms with Crippen molar-refractivity contribution in [2.75, 3.05) is 12.8 Å². The number of rotatable bonds is 5. The summed E-state index contributed by atoms with van der Waals surface area (Å²) in [7, 11) is 1.63. The summed E-state index contributed by atoms with van der Waals surface area (Å²) in [5.74, 6) is 1.46. The molecule has 0 aliphatic carbocycles. The van der Waals surface area contributed by atoms with Gasteiger partial charge in [-0.1, -0.05) is 12.1 Å². The summed E-state index contributed by atoms with van der Waals surface area (Å²) in [6, 6.07) is 7.67. The molecule has 0 unspecified atom stereocenters. The van der Waals surface area contributed by atoms with E-state index in [0.29, 0.717) is 39.9 Å². The molecule has 0 bridgehead atoms. The van der Waals surface area contributed by atoms with E-state index in [2.05, 4.69) is 4.99 Å². The van der Waals surface area contributed by atoms with Crippen LogP contribution in [-0.4, -0.2) is 19.6 Å². The van der Waals surface area contributed by atoms with Gasteiger partial charge in [0.25, 0.3) is 0 Å². The monoisotopic (exact) mass is 328 g/mol. The number of carbonyl (C=O) groups is 1. The van der Waals surface area contributed by atoms with Crippen LogP contribution >= 0.6 is 11.3 Å². The summed E-state index contributed by atoms with van der Waals surface area (Å²) in [5.41, 5.74) is 8.22. The van der Waals surface area contributed by atoms with Crippen LogP contribution in [-0.2, 0) is 11.3 Å². The normalized spacial score (nSPS) is 13.0. The standard InChI is InChI=1S/C17H16N2O3S/c1-21-12-6-4-11(5-7-12)10-22-13-3-2-8-19-17-15(13)16(18)14(9-20)23-17/h3-9H,2,10,18H2,1H3. The number of nitrogen functional groups attached to an aromatic ring is 1. The van der Waals surface area contributed by atoms with Crippen molar-refractivity contribution in [2.24, 2.45) is 4.99 Å². The lowest BCUT2D eigenvalue weighted by molar-refractivity contribution is 0.112. The third kappa shape index (κ3) is 3.12. The van der Waals surface area contributed by atoms with E-state index in [1.165, 1.54) is 11.3 Å². The number of nitrogens with zero attached hydrogens (tertiary/aromatic N) is 1. The van der Waals surface area contributed by atoms with E-state index < -0.39 is 0 Å². The average Bonchev–Trinajstić information content (AvgIpc) is 2.77. The summed E-state index contributed by atoms with van der Waals surface area (Å²) < 4.78 is 11.1. The molecule has 23 heavy (non-hydrogen) atoms. The SMILES string of the molecule is COc1ccc(COC2=CCC=Nc3sc(C=O)c(N)c32)cc1. The minimum Gasteiger partial charge on any atom is -0.497 e. The van der Waals surface area contributed by atoms with E-state index >= 15 is 0 Å². The Labute approximate surface area is 138 Å². The average molecular weight is 328 g/mol. The summed E-state index contributed by atoms with van der Waals surface area (Å²) in [4.78, 5) is 15.9. The van der Waals surface area contributed by atoms with Crippen molar-refractivity contribution >= 4 is 40.3 Å². The van der Waals surface area contributed by atoms with Crippen LogP contribution < -0.4 is 10.5 Å². The van der Waals surface area contributed by atoms with E-state index in [0.717, 1.165) is 17.6 Å². The third-order valence-corrected chi connectivity index (χ3v) is 4.52. The van der Waals surface area contributed by atoms with Crippen LogP contribution in [0, 0.1) is 0 Å². The topological polar surface area (TPSA) is 73.9 Å². The molecule has 1 aliphatic rings. The predicted molar refractivity (Wildman–Crippen MR) is 92.6 cm³/mol. The number of aldehydes is 1. The van der Waals surface area contributed by atoms with Gasteiger partial charge in [0.15, 0.2) is 6.29 Å². The second-order valence-electron chi connectivity index (χ2n) is 4.93. The first-order chi connectivity index (χ1) is 11.2. The quantitative estimate of drug-likeness (QED) is 0.847. The highest BCUT2D eigenvalue weighted by atomic mass is 32.1. The van der Waals surface area contributed by atoms with Crippen molar-refractivity contribution < 1.29 is 14.3 Å². The van der Waals surface area contributed by atoms with Crippen LogP contribution in [0.1, 0.15) is 27.2 Å². The van der Waals surface area contributed by atoms with Gasteiger partial charge in [0, 0.05) is 12.6 Å². The second-order valence-corrected chi connectivity index (χ2v) is 5.96. The molecule has 1 aromatic carbocycles.